The molecule has 0 aliphatic carbocycles. The lowest BCUT2D eigenvalue weighted by Gasteiger charge is -2.45. The molecule has 10 heteroatoms. The number of benzene rings is 1. The number of carbonyl (C=O) groups is 2. The van der Waals surface area contributed by atoms with Gasteiger partial charge >= 0.3 is 0 Å². The second kappa shape index (κ2) is 10.1. The van der Waals surface area contributed by atoms with Crippen LogP contribution in [0.3, 0.4) is 0 Å². The summed E-state index contributed by atoms with van der Waals surface area (Å²) in [6, 6.07) is 8.57. The monoisotopic (exact) mass is 491 g/mol. The van der Waals surface area contributed by atoms with Crippen LogP contribution >= 0.6 is 24.0 Å². The van der Waals surface area contributed by atoms with Crippen LogP contribution in [0.1, 0.15) is 49.0 Å². The van der Waals surface area contributed by atoms with Crippen LogP contribution in [0, 0.1) is 5.41 Å². The number of carbonyl (C=O) groups excluding carboxylic acids is 2. The second-order valence-electron chi connectivity index (χ2n) is 8.47. The Balaban J connectivity index is 0.00000306. The minimum absolute atomic E-state index is 0. The number of amides is 2. The molecule has 8 nitrogen and oxygen atoms in total. The number of hydrogen-bond acceptors (Lipinski definition) is 5. The largest absolute Gasteiger partial charge is 0.378 e. The molecule has 2 amide bonds. The Labute approximate surface area is 204 Å². The van der Waals surface area contributed by atoms with Crippen molar-refractivity contribution in [3.8, 4) is 0 Å². The smallest absolute Gasteiger partial charge is 0.257 e. The van der Waals surface area contributed by atoms with E-state index in [9.17, 15) is 9.59 Å². The Morgan fingerprint density at radius 1 is 1.36 bits per heavy atom. The summed E-state index contributed by atoms with van der Waals surface area (Å²) < 4.78 is 5.59. The number of nitrogens with zero attached hydrogens (tertiary/aromatic N) is 2. The number of hydrogen-bond donors (Lipinski definition) is 3. The third kappa shape index (κ3) is 5.13. The maximum absolute atomic E-state index is 13.1. The predicted molar refractivity (Wildman–Crippen MR) is 129 cm³/mol. The Morgan fingerprint density at radius 3 is 2.82 bits per heavy atom. The lowest BCUT2D eigenvalue weighted by atomic mass is 9.85. The zero-order valence-corrected chi connectivity index (χ0v) is 20.0. The van der Waals surface area contributed by atoms with Crippen LogP contribution in [0.25, 0.3) is 0 Å². The molecule has 0 bridgehead atoms. The molecule has 1 aromatic heterocycles. The molecule has 3 heterocycles. The molecule has 0 unspecified atom stereocenters. The molecule has 2 aromatic rings. The highest BCUT2D eigenvalue weighted by Gasteiger charge is 2.43. The Morgan fingerprint density at radius 2 is 2.15 bits per heavy atom. The van der Waals surface area contributed by atoms with Gasteiger partial charge in [-0.25, -0.2) is 0 Å². The summed E-state index contributed by atoms with van der Waals surface area (Å²) in [6.07, 6.45) is 4.66. The van der Waals surface area contributed by atoms with Gasteiger partial charge < -0.3 is 15.4 Å². The molecule has 0 spiro atoms. The molecule has 4 rings (SSSR count). The van der Waals surface area contributed by atoms with Gasteiger partial charge in [-0.1, -0.05) is 23.7 Å². The van der Waals surface area contributed by atoms with E-state index >= 15 is 0 Å². The highest BCUT2D eigenvalue weighted by Crippen LogP contribution is 2.38. The van der Waals surface area contributed by atoms with Crippen LogP contribution in [0.4, 0.5) is 5.69 Å². The van der Waals surface area contributed by atoms with Crippen molar-refractivity contribution in [3.05, 3.63) is 58.9 Å². The van der Waals surface area contributed by atoms with E-state index < -0.39 is 5.54 Å². The summed E-state index contributed by atoms with van der Waals surface area (Å²) in [5, 5.41) is 14.9. The normalized spacial score (nSPS) is 25.1. The average Bonchev–Trinajstić information content (AvgIpc) is 2.75. The number of rotatable bonds is 4. The van der Waals surface area contributed by atoms with Crippen molar-refractivity contribution in [3.63, 3.8) is 0 Å². The summed E-state index contributed by atoms with van der Waals surface area (Å²) in [7, 11) is 0. The lowest BCUT2D eigenvalue weighted by molar-refractivity contribution is -0.134. The zero-order valence-electron chi connectivity index (χ0n) is 18.4. The molecule has 0 saturated carbocycles. The molecular weight excluding hydrogens is 465 g/mol. The van der Waals surface area contributed by atoms with Gasteiger partial charge in [0.25, 0.3) is 5.91 Å². The molecule has 0 radical (unpaired) electrons. The zero-order chi connectivity index (χ0) is 22.9. The summed E-state index contributed by atoms with van der Waals surface area (Å²) in [6.45, 7) is 4.40. The first-order valence-corrected chi connectivity index (χ1v) is 11.0. The van der Waals surface area contributed by atoms with Gasteiger partial charge in [0.15, 0.2) is 5.96 Å². The van der Waals surface area contributed by atoms with E-state index in [1.54, 1.807) is 35.4 Å². The van der Waals surface area contributed by atoms with Crippen LogP contribution in [0.5, 0.6) is 0 Å². The molecule has 2 aliphatic heterocycles. The van der Waals surface area contributed by atoms with Crippen molar-refractivity contribution in [2.24, 2.45) is 0 Å². The first kappa shape index (κ1) is 25.0. The third-order valence-corrected chi connectivity index (χ3v) is 6.40. The van der Waals surface area contributed by atoms with E-state index in [0.29, 0.717) is 41.3 Å². The quantitative estimate of drug-likeness (QED) is 0.599. The van der Waals surface area contributed by atoms with E-state index in [2.05, 4.69) is 15.6 Å². The second-order valence-corrected chi connectivity index (χ2v) is 8.85. The van der Waals surface area contributed by atoms with E-state index in [1.807, 2.05) is 19.9 Å². The first-order chi connectivity index (χ1) is 15.3. The van der Waals surface area contributed by atoms with Crippen LogP contribution in [0.2, 0.25) is 5.02 Å². The van der Waals surface area contributed by atoms with Crippen molar-refractivity contribution in [2.75, 3.05) is 11.9 Å². The van der Waals surface area contributed by atoms with Gasteiger partial charge in [0.2, 0.25) is 5.91 Å². The summed E-state index contributed by atoms with van der Waals surface area (Å²) in [5.74, 6) is -0.400. The number of pyridine rings is 1. The van der Waals surface area contributed by atoms with Gasteiger partial charge in [0.05, 0.1) is 34.3 Å². The highest BCUT2D eigenvalue weighted by molar-refractivity contribution is 6.35. The van der Waals surface area contributed by atoms with Gasteiger partial charge in [0, 0.05) is 25.0 Å². The molecule has 2 aliphatic rings. The standard InChI is InChI=1S/C23H26ClN5O3.ClH/c1-14-11-16(8-10-32-14)29-19(30)12-23(2,28-22(29)25)17-6-3-7-18(20(17)24)27-21(31)15-5-4-9-26-13-15;/h3-7,9,13-14,16H,8,10-12H2,1-2H3,(H2,25,28)(H,27,31);1H/t14-,16-,23+;/m1./s1. The molecule has 176 valence electrons. The minimum atomic E-state index is -0.881. The van der Waals surface area contributed by atoms with E-state index in [4.69, 9.17) is 21.7 Å². The highest BCUT2D eigenvalue weighted by atomic mass is 35.5. The van der Waals surface area contributed by atoms with Crippen LogP contribution in [-0.4, -0.2) is 46.4 Å². The number of guanidine groups is 1. The van der Waals surface area contributed by atoms with Gasteiger partial charge in [-0.05, 0) is 50.5 Å². The predicted octanol–water partition coefficient (Wildman–Crippen LogP) is 3.95. The average molecular weight is 492 g/mol. The van der Waals surface area contributed by atoms with Crippen molar-refractivity contribution in [1.29, 1.82) is 5.41 Å². The number of nitrogens with one attached hydrogen (secondary N) is 3. The fourth-order valence-electron chi connectivity index (χ4n) is 4.38. The van der Waals surface area contributed by atoms with Crippen LogP contribution < -0.4 is 10.6 Å². The fraction of sp³-hybridized carbons (Fsp3) is 0.391. The summed E-state index contributed by atoms with van der Waals surface area (Å²) in [4.78, 5) is 31.2. The van der Waals surface area contributed by atoms with Gasteiger partial charge in [-0.15, -0.1) is 12.4 Å². The molecule has 33 heavy (non-hydrogen) atoms. The third-order valence-electron chi connectivity index (χ3n) is 6.00. The maximum atomic E-state index is 13.1. The first-order valence-electron chi connectivity index (χ1n) is 10.6. The number of anilines is 1. The van der Waals surface area contributed by atoms with Crippen molar-refractivity contribution in [1.82, 2.24) is 15.2 Å². The van der Waals surface area contributed by atoms with Crippen LogP contribution in [0.15, 0.2) is 42.7 Å². The fourth-order valence-corrected chi connectivity index (χ4v) is 4.76. The SMILES string of the molecule is C[C@@H]1C[C@H](N2C(=N)N[C@](C)(c3cccc(NC(=O)c4cccnc4)c3Cl)CC2=O)CCO1.Cl. The summed E-state index contributed by atoms with van der Waals surface area (Å²) in [5.41, 5.74) is 0.601. The molecule has 1 aromatic carbocycles. The Bertz CT molecular complexity index is 1030. The topological polar surface area (TPSA) is 107 Å². The Kier molecular flexibility index (Phi) is 7.62. The lowest BCUT2D eigenvalue weighted by Crippen LogP contribution is -2.63. The molecule has 2 fully saturated rings. The maximum Gasteiger partial charge on any atom is 0.257 e. The molecule has 2 saturated heterocycles. The number of ether oxygens (including phenoxy) is 1. The Hall–Kier alpha value is -2.68. The van der Waals surface area contributed by atoms with Gasteiger partial charge in [-0.2, -0.15) is 0 Å². The van der Waals surface area contributed by atoms with Gasteiger partial charge in [-0.3, -0.25) is 24.9 Å². The molecular formula is C23H27Cl2N5O3. The number of halogens is 2. The van der Waals surface area contributed by atoms with E-state index in [1.165, 1.54) is 6.20 Å². The van der Waals surface area contributed by atoms with Crippen molar-refractivity contribution in [2.45, 2.75) is 50.8 Å². The van der Waals surface area contributed by atoms with Crippen molar-refractivity contribution < 1.29 is 14.3 Å². The summed E-state index contributed by atoms with van der Waals surface area (Å²) >= 11 is 6.68. The van der Waals surface area contributed by atoms with Crippen molar-refractivity contribution >= 4 is 47.5 Å². The molecule has 3 N–H and O–H groups in total. The molecule has 3 atom stereocenters. The van der Waals surface area contributed by atoms with Crippen LogP contribution in [-0.2, 0) is 15.1 Å². The minimum Gasteiger partial charge on any atom is -0.378 e. The van der Waals surface area contributed by atoms with Gasteiger partial charge in [0.1, 0.15) is 0 Å². The van der Waals surface area contributed by atoms with E-state index in [0.717, 1.165) is 0 Å². The van der Waals surface area contributed by atoms with E-state index in [-0.39, 0.29) is 48.7 Å². The number of aromatic nitrogens is 1.